The summed E-state index contributed by atoms with van der Waals surface area (Å²) in [7, 11) is 0. The first-order valence-electron chi connectivity index (χ1n) is 3.99. The van der Waals surface area contributed by atoms with Gasteiger partial charge in [-0.2, -0.15) is 0 Å². The molecule has 0 aliphatic heterocycles. The van der Waals surface area contributed by atoms with Gasteiger partial charge in [-0.25, -0.2) is 5.48 Å². The summed E-state index contributed by atoms with van der Waals surface area (Å²) < 4.78 is 0. The molecule has 5 heteroatoms. The summed E-state index contributed by atoms with van der Waals surface area (Å²) >= 11 is 0. The van der Waals surface area contributed by atoms with Crippen LogP contribution in [0.1, 0.15) is 12.0 Å². The van der Waals surface area contributed by atoms with Crippen molar-refractivity contribution in [3.63, 3.8) is 0 Å². The van der Waals surface area contributed by atoms with Gasteiger partial charge in [-0.15, -0.1) is 12.4 Å². The van der Waals surface area contributed by atoms with E-state index in [4.69, 9.17) is 10.9 Å². The molecule has 1 aromatic carbocycles. The summed E-state index contributed by atoms with van der Waals surface area (Å²) in [6, 6.07) is 7.29. The summed E-state index contributed by atoms with van der Waals surface area (Å²) in [4.78, 5) is 10.7. The van der Waals surface area contributed by atoms with Crippen LogP contribution >= 0.6 is 12.4 Å². The molecule has 0 unspecified atom stereocenters. The minimum absolute atomic E-state index is 0. The van der Waals surface area contributed by atoms with E-state index in [9.17, 15) is 4.79 Å². The van der Waals surface area contributed by atoms with Gasteiger partial charge in [0.05, 0.1) is 0 Å². The zero-order chi connectivity index (χ0) is 9.68. The van der Waals surface area contributed by atoms with Gasteiger partial charge >= 0.3 is 0 Å². The minimum atomic E-state index is -0.378. The molecule has 14 heavy (non-hydrogen) atoms. The normalized spacial score (nSPS) is 8.93. The molecule has 4 nitrogen and oxygen atoms in total. The average molecular weight is 217 g/mol. The third-order valence-electron chi connectivity index (χ3n) is 1.75. The topological polar surface area (TPSA) is 75.4 Å². The number of nitrogens with two attached hydrogens (primary N) is 1. The molecule has 78 valence electrons. The predicted octanol–water partition coefficient (Wildman–Crippen LogP) is 1.13. The molecule has 0 heterocycles. The van der Waals surface area contributed by atoms with Gasteiger partial charge in [-0.3, -0.25) is 10.0 Å². The molecule has 0 aliphatic carbocycles. The maximum atomic E-state index is 10.7. The largest absolute Gasteiger partial charge is 0.399 e. The number of benzene rings is 1. The lowest BCUT2D eigenvalue weighted by atomic mass is 10.1. The number of hydroxylamine groups is 1. The van der Waals surface area contributed by atoms with Gasteiger partial charge in [-0.05, 0) is 24.1 Å². The highest BCUT2D eigenvalue weighted by molar-refractivity contribution is 5.85. The van der Waals surface area contributed by atoms with Crippen molar-refractivity contribution in [2.24, 2.45) is 0 Å². The molecule has 1 amide bonds. The predicted molar refractivity (Wildman–Crippen MR) is 56.4 cm³/mol. The van der Waals surface area contributed by atoms with Crippen LogP contribution in [-0.4, -0.2) is 11.1 Å². The monoisotopic (exact) mass is 216 g/mol. The number of hydrogen-bond acceptors (Lipinski definition) is 3. The van der Waals surface area contributed by atoms with Crippen molar-refractivity contribution in [2.45, 2.75) is 12.8 Å². The van der Waals surface area contributed by atoms with Gasteiger partial charge in [0.25, 0.3) is 0 Å². The fourth-order valence-electron chi connectivity index (χ4n) is 0.998. The number of aryl methyl sites for hydroxylation is 1. The fraction of sp³-hybridized carbons (Fsp3) is 0.222. The number of carbonyl (C=O) groups is 1. The molecule has 0 aliphatic rings. The zero-order valence-corrected chi connectivity index (χ0v) is 8.38. The zero-order valence-electron chi connectivity index (χ0n) is 7.56. The van der Waals surface area contributed by atoms with Crippen LogP contribution < -0.4 is 11.2 Å². The average Bonchev–Trinajstić information content (AvgIpc) is 2.16. The Kier molecular flexibility index (Phi) is 5.67. The Labute approximate surface area is 88.5 Å². The van der Waals surface area contributed by atoms with Crippen molar-refractivity contribution < 1.29 is 10.0 Å². The second-order valence-electron chi connectivity index (χ2n) is 2.78. The van der Waals surface area contributed by atoms with Gasteiger partial charge in [0.1, 0.15) is 0 Å². The van der Waals surface area contributed by atoms with E-state index in [2.05, 4.69) is 0 Å². The maximum Gasteiger partial charge on any atom is 0.243 e. The van der Waals surface area contributed by atoms with Crippen molar-refractivity contribution in [3.05, 3.63) is 29.8 Å². The molecule has 1 rings (SSSR count). The molecule has 1 aromatic rings. The number of carbonyl (C=O) groups excluding carboxylic acids is 1. The van der Waals surface area contributed by atoms with Gasteiger partial charge in [0, 0.05) is 12.1 Å². The molecule has 0 bridgehead atoms. The van der Waals surface area contributed by atoms with E-state index in [0.29, 0.717) is 12.1 Å². The molecular formula is C9H13ClN2O2. The lowest BCUT2D eigenvalue weighted by Gasteiger charge is -2.00. The van der Waals surface area contributed by atoms with Crippen LogP contribution in [0.2, 0.25) is 0 Å². The van der Waals surface area contributed by atoms with Crippen molar-refractivity contribution in [2.75, 3.05) is 5.73 Å². The van der Waals surface area contributed by atoms with E-state index in [-0.39, 0.29) is 24.7 Å². The third kappa shape index (κ3) is 4.11. The molecule has 4 N–H and O–H groups in total. The number of nitrogen functional groups attached to an aromatic ring is 1. The number of rotatable bonds is 3. The molecule has 0 fully saturated rings. The van der Waals surface area contributed by atoms with E-state index >= 15 is 0 Å². The Morgan fingerprint density at radius 3 is 2.43 bits per heavy atom. The van der Waals surface area contributed by atoms with Crippen molar-refractivity contribution in [3.8, 4) is 0 Å². The first-order valence-corrected chi connectivity index (χ1v) is 3.99. The molecule has 0 aromatic heterocycles. The Morgan fingerprint density at radius 2 is 1.93 bits per heavy atom. The number of halogens is 1. The Morgan fingerprint density at radius 1 is 1.36 bits per heavy atom. The van der Waals surface area contributed by atoms with Crippen LogP contribution in [0, 0.1) is 0 Å². The number of amides is 1. The first kappa shape index (κ1) is 12.7. The lowest BCUT2D eigenvalue weighted by Crippen LogP contribution is -2.18. The van der Waals surface area contributed by atoms with Crippen LogP contribution in [0.5, 0.6) is 0 Å². The van der Waals surface area contributed by atoms with Crippen LogP contribution in [0.4, 0.5) is 5.69 Å². The van der Waals surface area contributed by atoms with Crippen molar-refractivity contribution in [1.29, 1.82) is 0 Å². The summed E-state index contributed by atoms with van der Waals surface area (Å²) in [5, 5.41) is 8.24. The molecule has 0 radical (unpaired) electrons. The van der Waals surface area contributed by atoms with Crippen LogP contribution in [0.3, 0.4) is 0 Å². The van der Waals surface area contributed by atoms with Gasteiger partial charge < -0.3 is 5.73 Å². The SMILES string of the molecule is Cl.Nc1ccc(CCC(=O)NO)cc1. The van der Waals surface area contributed by atoms with E-state index in [1.165, 1.54) is 0 Å². The van der Waals surface area contributed by atoms with Crippen LogP contribution in [0.15, 0.2) is 24.3 Å². The van der Waals surface area contributed by atoms with Gasteiger partial charge in [-0.1, -0.05) is 12.1 Å². The number of hydrogen-bond donors (Lipinski definition) is 3. The highest BCUT2D eigenvalue weighted by Gasteiger charge is 1.99. The molecule has 0 saturated heterocycles. The molecular weight excluding hydrogens is 204 g/mol. The third-order valence-corrected chi connectivity index (χ3v) is 1.75. The molecule has 0 atom stereocenters. The van der Waals surface area contributed by atoms with Gasteiger partial charge in [0.2, 0.25) is 5.91 Å². The van der Waals surface area contributed by atoms with E-state index < -0.39 is 0 Å². The second kappa shape index (κ2) is 6.23. The lowest BCUT2D eigenvalue weighted by molar-refractivity contribution is -0.129. The highest BCUT2D eigenvalue weighted by atomic mass is 35.5. The van der Waals surface area contributed by atoms with Crippen molar-refractivity contribution in [1.82, 2.24) is 5.48 Å². The van der Waals surface area contributed by atoms with E-state index in [1.807, 2.05) is 12.1 Å². The standard InChI is InChI=1S/C9H12N2O2.ClH/c10-8-4-1-7(2-5-8)3-6-9(12)11-13;/h1-2,4-5,13H,3,6,10H2,(H,11,12);1H. The Balaban J connectivity index is 0.00000169. The Bertz CT molecular complexity index is 287. The quantitative estimate of drug-likeness (QED) is 0.403. The first-order chi connectivity index (χ1) is 6.22. The van der Waals surface area contributed by atoms with Crippen LogP contribution in [0.25, 0.3) is 0 Å². The summed E-state index contributed by atoms with van der Waals surface area (Å²) in [5.41, 5.74) is 8.80. The second-order valence-corrected chi connectivity index (χ2v) is 2.78. The number of nitrogens with one attached hydrogen (secondary N) is 1. The molecule has 0 saturated carbocycles. The summed E-state index contributed by atoms with van der Waals surface area (Å²) in [6.45, 7) is 0. The highest BCUT2D eigenvalue weighted by Crippen LogP contribution is 2.07. The maximum absolute atomic E-state index is 10.7. The summed E-state index contributed by atoms with van der Waals surface area (Å²) in [5.74, 6) is -0.378. The fourth-order valence-corrected chi connectivity index (χ4v) is 0.998. The van der Waals surface area contributed by atoms with E-state index in [0.717, 1.165) is 5.56 Å². The summed E-state index contributed by atoms with van der Waals surface area (Å²) in [6.07, 6.45) is 0.882. The van der Waals surface area contributed by atoms with Crippen LogP contribution in [-0.2, 0) is 11.2 Å². The Hall–Kier alpha value is -1.26. The van der Waals surface area contributed by atoms with Gasteiger partial charge in [0.15, 0.2) is 0 Å². The molecule has 0 spiro atoms. The number of anilines is 1. The smallest absolute Gasteiger partial charge is 0.243 e. The van der Waals surface area contributed by atoms with E-state index in [1.54, 1.807) is 17.6 Å². The van der Waals surface area contributed by atoms with Crippen molar-refractivity contribution >= 4 is 24.0 Å². The minimum Gasteiger partial charge on any atom is -0.399 e.